The van der Waals surface area contributed by atoms with E-state index in [-0.39, 0.29) is 25.5 Å². The maximum atomic E-state index is 10.9. The Morgan fingerprint density at radius 3 is 2.47 bits per heavy atom. The maximum absolute atomic E-state index is 10.9. The van der Waals surface area contributed by atoms with E-state index in [9.17, 15) is 9.36 Å². The summed E-state index contributed by atoms with van der Waals surface area (Å²) >= 11 is 0. The van der Waals surface area contributed by atoms with Crippen LogP contribution in [0.2, 0.25) is 0 Å². The Bertz CT molecular complexity index is 271. The third-order valence-electron chi connectivity index (χ3n) is 1.07. The van der Waals surface area contributed by atoms with Gasteiger partial charge < -0.3 is 4.74 Å². The van der Waals surface area contributed by atoms with E-state index in [2.05, 4.69) is 19.7 Å². The number of hydrogen-bond acceptors (Lipinski definition) is 5. The molecule has 0 saturated heterocycles. The van der Waals surface area contributed by atoms with Gasteiger partial charge in [-0.3, -0.25) is 0 Å². The largest absolute Gasteiger partial charge is 0.756 e. The number of carbonyl (C=O) groups excluding carboxylic acids is 1. The van der Waals surface area contributed by atoms with Crippen LogP contribution in [0.15, 0.2) is 0 Å². The molecule has 7 heteroatoms. The summed E-state index contributed by atoms with van der Waals surface area (Å²) < 4.78 is 24.2. The van der Waals surface area contributed by atoms with Gasteiger partial charge in [-0.05, 0) is 20.8 Å². The molecule has 1 radical (unpaired) electrons. The Morgan fingerprint density at radius 2 is 2.07 bits per heavy atom. The summed E-state index contributed by atoms with van der Waals surface area (Å²) in [7, 11) is -2.47. The molecule has 1 atom stereocenters. The minimum absolute atomic E-state index is 0. The predicted octanol–water partition coefficient (Wildman–Crippen LogP) is 1.86. The smallest absolute Gasteiger partial charge is 0.412 e. The van der Waals surface area contributed by atoms with Crippen LogP contribution in [0.4, 0.5) is 4.79 Å². The molecule has 0 N–H and O–H groups in total. The number of ether oxygens (including phenoxy) is 1. The Kier molecular flexibility index (Phi) is 8.72. The van der Waals surface area contributed by atoms with Gasteiger partial charge in [0.05, 0.1) is 0 Å². The molecule has 0 aromatic heterocycles. The summed E-state index contributed by atoms with van der Waals surface area (Å²) in [6, 6.07) is 0. The van der Waals surface area contributed by atoms with Crippen molar-refractivity contribution in [3.63, 3.8) is 0 Å². The fourth-order valence-electron chi connectivity index (χ4n) is 0.449. The van der Waals surface area contributed by atoms with Crippen LogP contribution in [0.25, 0.3) is 0 Å². The van der Waals surface area contributed by atoms with Crippen LogP contribution in [-0.2, 0) is 18.3 Å². The van der Waals surface area contributed by atoms with Crippen molar-refractivity contribution in [2.75, 3.05) is 6.61 Å². The van der Waals surface area contributed by atoms with Gasteiger partial charge in [-0.15, -0.1) is 15.5 Å². The summed E-state index contributed by atoms with van der Waals surface area (Å²) in [6.07, 6.45) is 3.95. The van der Waals surface area contributed by atoms with Crippen LogP contribution in [0.5, 0.6) is 0 Å². The van der Waals surface area contributed by atoms with E-state index >= 15 is 0 Å². The van der Waals surface area contributed by atoms with E-state index in [1.807, 2.05) is 0 Å². The normalized spacial score (nSPS) is 10.7. The van der Waals surface area contributed by atoms with Crippen molar-refractivity contribution in [2.45, 2.75) is 26.4 Å². The SMILES string of the molecule is C#CC(C)(C)OC(=O)O[P+](=O)OCC.[Li]. The number of carbonyl (C=O) groups is 1. The maximum Gasteiger partial charge on any atom is 0.756 e. The van der Waals surface area contributed by atoms with Gasteiger partial charge in [0.25, 0.3) is 0 Å². The van der Waals surface area contributed by atoms with Gasteiger partial charge >= 0.3 is 14.4 Å². The van der Waals surface area contributed by atoms with E-state index in [1.165, 1.54) is 13.8 Å². The first kappa shape index (κ1) is 16.9. The first-order valence-corrected chi connectivity index (χ1v) is 4.99. The average Bonchev–Trinajstić information content (AvgIpc) is 2.03. The van der Waals surface area contributed by atoms with Crippen molar-refractivity contribution in [1.82, 2.24) is 0 Å². The second kappa shape index (κ2) is 7.74. The zero-order valence-corrected chi connectivity index (χ0v) is 10.2. The molecule has 0 aliphatic rings. The number of rotatable bonds is 4. The van der Waals surface area contributed by atoms with Gasteiger partial charge in [0.1, 0.15) is 6.61 Å². The van der Waals surface area contributed by atoms with Crippen LogP contribution >= 0.6 is 8.25 Å². The van der Waals surface area contributed by atoms with Crippen molar-refractivity contribution >= 4 is 33.3 Å². The van der Waals surface area contributed by atoms with Crippen molar-refractivity contribution in [3.05, 3.63) is 0 Å². The van der Waals surface area contributed by atoms with Crippen molar-refractivity contribution in [3.8, 4) is 12.3 Å². The van der Waals surface area contributed by atoms with E-state index in [4.69, 9.17) is 6.42 Å². The van der Waals surface area contributed by atoms with Gasteiger partial charge in [-0.1, -0.05) is 5.92 Å². The van der Waals surface area contributed by atoms with Crippen molar-refractivity contribution in [1.29, 1.82) is 0 Å². The molecule has 1 unspecified atom stereocenters. The zero-order chi connectivity index (χ0) is 11.2. The molecule has 0 fully saturated rings. The van der Waals surface area contributed by atoms with E-state index in [0.717, 1.165) is 0 Å². The molecular formula is C8H12LiO5P+. The van der Waals surface area contributed by atoms with Gasteiger partial charge in [-0.2, -0.15) is 4.79 Å². The van der Waals surface area contributed by atoms with E-state index in [1.54, 1.807) is 6.92 Å². The first-order valence-electron chi connectivity index (χ1n) is 3.90. The second-order valence-electron chi connectivity index (χ2n) is 2.74. The molecular weight excluding hydrogens is 214 g/mol. The standard InChI is InChI=1S/C8H12O5P.Li/c1-5-8(3,4)12-7(9)13-14(10)11-6-2;/h1H,6H2,2-4H3;/q+1;. The summed E-state index contributed by atoms with van der Waals surface area (Å²) in [5.74, 6) is 2.22. The molecule has 0 bridgehead atoms. The molecule has 0 aliphatic heterocycles. The Labute approximate surface area is 102 Å². The van der Waals surface area contributed by atoms with Crippen molar-refractivity contribution < 1.29 is 23.1 Å². The Hall–Kier alpha value is -0.513. The van der Waals surface area contributed by atoms with Crippen LogP contribution in [0.1, 0.15) is 20.8 Å². The molecule has 0 heterocycles. The molecule has 15 heavy (non-hydrogen) atoms. The monoisotopic (exact) mass is 226 g/mol. The minimum atomic E-state index is -2.47. The van der Waals surface area contributed by atoms with Crippen LogP contribution < -0.4 is 0 Å². The number of hydrogen-bond donors (Lipinski definition) is 0. The van der Waals surface area contributed by atoms with Gasteiger partial charge in [0.15, 0.2) is 5.60 Å². The number of terminal acetylenes is 1. The molecule has 0 spiro atoms. The van der Waals surface area contributed by atoms with E-state index < -0.39 is 20.0 Å². The summed E-state index contributed by atoms with van der Waals surface area (Å²) in [6.45, 7) is 4.80. The Balaban J connectivity index is 0. The first-order chi connectivity index (χ1) is 6.41. The summed E-state index contributed by atoms with van der Waals surface area (Å²) in [4.78, 5) is 10.9. The summed E-state index contributed by atoms with van der Waals surface area (Å²) in [5, 5.41) is 0. The third kappa shape index (κ3) is 8.48. The van der Waals surface area contributed by atoms with Gasteiger partial charge in [0.2, 0.25) is 0 Å². The van der Waals surface area contributed by atoms with Crippen LogP contribution in [0, 0.1) is 12.3 Å². The van der Waals surface area contributed by atoms with Crippen molar-refractivity contribution in [2.24, 2.45) is 0 Å². The molecule has 5 nitrogen and oxygen atoms in total. The fraction of sp³-hybridized carbons (Fsp3) is 0.625. The summed E-state index contributed by atoms with van der Waals surface area (Å²) in [5.41, 5.74) is -1.08. The molecule has 79 valence electrons. The van der Waals surface area contributed by atoms with Crippen LogP contribution in [0.3, 0.4) is 0 Å². The third-order valence-corrected chi connectivity index (χ3v) is 1.84. The topological polar surface area (TPSA) is 61.8 Å². The van der Waals surface area contributed by atoms with Gasteiger partial charge in [0, 0.05) is 23.4 Å². The van der Waals surface area contributed by atoms with E-state index in [0.29, 0.717) is 0 Å². The molecule has 0 rings (SSSR count). The van der Waals surface area contributed by atoms with Crippen LogP contribution in [-0.4, -0.2) is 37.2 Å². The molecule has 0 aromatic rings. The minimum Gasteiger partial charge on any atom is -0.412 e. The molecule has 0 saturated carbocycles. The molecule has 0 amide bonds. The Morgan fingerprint density at radius 1 is 1.53 bits per heavy atom. The van der Waals surface area contributed by atoms with Gasteiger partial charge in [-0.25, -0.2) is 0 Å². The quantitative estimate of drug-likeness (QED) is 0.317. The fourth-order valence-corrected chi connectivity index (χ4v) is 0.872. The second-order valence-corrected chi connectivity index (χ2v) is 3.63. The molecule has 0 aliphatic carbocycles. The molecule has 0 aromatic carbocycles. The predicted molar refractivity (Wildman–Crippen MR) is 55.5 cm³/mol. The average molecular weight is 226 g/mol. The zero-order valence-electron chi connectivity index (χ0n) is 9.27.